The summed E-state index contributed by atoms with van der Waals surface area (Å²) < 4.78 is 32.4. The van der Waals surface area contributed by atoms with Gasteiger partial charge in [0.05, 0.1) is 13.2 Å². The summed E-state index contributed by atoms with van der Waals surface area (Å²) in [5, 5.41) is 7.70. The van der Waals surface area contributed by atoms with Crippen LogP contribution in [-0.2, 0) is 4.74 Å². The Morgan fingerprint density at radius 3 is 2.50 bits per heavy atom. The van der Waals surface area contributed by atoms with Crippen molar-refractivity contribution >= 4 is 28.9 Å². The van der Waals surface area contributed by atoms with Gasteiger partial charge < -0.3 is 15.0 Å². The van der Waals surface area contributed by atoms with Crippen LogP contribution >= 0.6 is 11.6 Å². The van der Waals surface area contributed by atoms with Crippen molar-refractivity contribution in [1.82, 2.24) is 19.7 Å². The summed E-state index contributed by atoms with van der Waals surface area (Å²) in [5.74, 6) is 1.38. The van der Waals surface area contributed by atoms with E-state index >= 15 is 0 Å². The molecule has 10 heteroatoms. The number of halogens is 3. The van der Waals surface area contributed by atoms with Crippen molar-refractivity contribution in [2.24, 2.45) is 0 Å². The number of alkyl halides is 2. The first-order valence-electron chi connectivity index (χ1n) is 8.67. The SMILES string of the molecule is FC(F)c1ccn(-c2nc(Nc3ccc(Cl)cc3)cc(N3CCOCC3)n2)n1. The molecule has 0 atom stereocenters. The lowest BCUT2D eigenvalue weighted by atomic mass is 10.3. The molecule has 28 heavy (non-hydrogen) atoms. The van der Waals surface area contributed by atoms with Crippen molar-refractivity contribution in [2.75, 3.05) is 36.5 Å². The smallest absolute Gasteiger partial charge is 0.282 e. The maximum atomic E-state index is 12.9. The average Bonchev–Trinajstić information content (AvgIpc) is 3.21. The quantitative estimate of drug-likeness (QED) is 0.694. The number of morpholine rings is 1. The Bertz CT molecular complexity index is 944. The van der Waals surface area contributed by atoms with Gasteiger partial charge in [0.2, 0.25) is 0 Å². The standard InChI is InChI=1S/C18H17ClF2N6O/c19-12-1-3-13(4-2-12)22-15-11-16(26-7-9-28-10-8-26)24-18(23-15)27-6-5-14(25-27)17(20)21/h1-6,11,17H,7-10H2,(H,22,23,24). The molecule has 7 nitrogen and oxygen atoms in total. The summed E-state index contributed by atoms with van der Waals surface area (Å²) in [7, 11) is 0. The second-order valence-electron chi connectivity index (χ2n) is 6.13. The molecule has 1 aliphatic rings. The number of nitrogens with one attached hydrogen (secondary N) is 1. The van der Waals surface area contributed by atoms with Crippen molar-refractivity contribution in [2.45, 2.75) is 6.43 Å². The molecule has 0 radical (unpaired) electrons. The monoisotopic (exact) mass is 406 g/mol. The minimum Gasteiger partial charge on any atom is -0.378 e. The molecule has 1 fully saturated rings. The number of nitrogens with zero attached hydrogens (tertiary/aromatic N) is 5. The Balaban J connectivity index is 1.70. The third-order valence-corrected chi connectivity index (χ3v) is 4.44. The molecule has 4 rings (SSSR count). The summed E-state index contributed by atoms with van der Waals surface area (Å²) in [5.41, 5.74) is 0.461. The van der Waals surface area contributed by atoms with Crippen molar-refractivity contribution in [1.29, 1.82) is 0 Å². The third kappa shape index (κ3) is 4.20. The van der Waals surface area contributed by atoms with Gasteiger partial charge in [-0.25, -0.2) is 13.5 Å². The van der Waals surface area contributed by atoms with E-state index in [1.807, 2.05) is 12.1 Å². The Hall–Kier alpha value is -2.78. The van der Waals surface area contributed by atoms with Crippen LogP contribution in [0.15, 0.2) is 42.6 Å². The van der Waals surface area contributed by atoms with Crippen LogP contribution in [0.25, 0.3) is 5.95 Å². The summed E-state index contributed by atoms with van der Waals surface area (Å²) >= 11 is 5.93. The van der Waals surface area contributed by atoms with Crippen LogP contribution in [0.2, 0.25) is 5.02 Å². The molecule has 1 N–H and O–H groups in total. The summed E-state index contributed by atoms with van der Waals surface area (Å²) in [6.45, 7) is 2.55. The lowest BCUT2D eigenvalue weighted by molar-refractivity contribution is 0.122. The van der Waals surface area contributed by atoms with Crippen LogP contribution in [0.1, 0.15) is 12.1 Å². The zero-order valence-corrected chi connectivity index (χ0v) is 15.5. The van der Waals surface area contributed by atoms with Crippen molar-refractivity contribution in [3.05, 3.63) is 53.3 Å². The van der Waals surface area contributed by atoms with Crippen LogP contribution in [0, 0.1) is 0 Å². The molecule has 0 saturated carbocycles. The van der Waals surface area contributed by atoms with Gasteiger partial charge in [0, 0.05) is 36.1 Å². The Morgan fingerprint density at radius 2 is 1.82 bits per heavy atom. The maximum Gasteiger partial charge on any atom is 0.282 e. The van der Waals surface area contributed by atoms with Gasteiger partial charge in [-0.15, -0.1) is 0 Å². The predicted octanol–water partition coefficient (Wildman–Crippen LogP) is 3.83. The van der Waals surface area contributed by atoms with E-state index in [1.165, 1.54) is 16.9 Å². The highest BCUT2D eigenvalue weighted by molar-refractivity contribution is 6.30. The fraction of sp³-hybridized carbons (Fsp3) is 0.278. The molecule has 0 unspecified atom stereocenters. The van der Waals surface area contributed by atoms with E-state index in [0.29, 0.717) is 43.0 Å². The van der Waals surface area contributed by atoms with Gasteiger partial charge >= 0.3 is 0 Å². The normalized spacial score (nSPS) is 14.5. The first-order valence-corrected chi connectivity index (χ1v) is 9.05. The van der Waals surface area contributed by atoms with E-state index in [2.05, 4.69) is 25.3 Å². The second-order valence-corrected chi connectivity index (χ2v) is 6.57. The number of hydrogen-bond acceptors (Lipinski definition) is 6. The van der Waals surface area contributed by atoms with E-state index in [-0.39, 0.29) is 11.6 Å². The van der Waals surface area contributed by atoms with Crippen LogP contribution in [0.4, 0.5) is 26.1 Å². The van der Waals surface area contributed by atoms with Gasteiger partial charge in [0.15, 0.2) is 0 Å². The first kappa shape index (κ1) is 18.6. The van der Waals surface area contributed by atoms with Gasteiger partial charge in [0.1, 0.15) is 17.3 Å². The lowest BCUT2D eigenvalue weighted by Gasteiger charge is -2.28. The lowest BCUT2D eigenvalue weighted by Crippen LogP contribution is -2.37. The first-order chi connectivity index (χ1) is 13.6. The van der Waals surface area contributed by atoms with Gasteiger partial charge in [0.25, 0.3) is 12.4 Å². The van der Waals surface area contributed by atoms with Crippen LogP contribution in [-0.4, -0.2) is 46.1 Å². The Kier molecular flexibility index (Phi) is 5.36. The molecular weight excluding hydrogens is 390 g/mol. The van der Waals surface area contributed by atoms with Crippen molar-refractivity contribution in [3.63, 3.8) is 0 Å². The van der Waals surface area contributed by atoms with E-state index < -0.39 is 6.43 Å². The molecule has 146 valence electrons. The maximum absolute atomic E-state index is 12.9. The van der Waals surface area contributed by atoms with Gasteiger partial charge in [-0.05, 0) is 30.3 Å². The number of hydrogen-bond donors (Lipinski definition) is 1. The van der Waals surface area contributed by atoms with E-state index in [4.69, 9.17) is 16.3 Å². The molecular formula is C18H17ClF2N6O. The molecule has 3 heterocycles. The number of anilines is 3. The Labute approximate surface area is 164 Å². The fourth-order valence-electron chi connectivity index (χ4n) is 2.79. The highest BCUT2D eigenvalue weighted by Crippen LogP contribution is 2.24. The second kappa shape index (κ2) is 8.07. The summed E-state index contributed by atoms with van der Waals surface area (Å²) in [6, 6.07) is 10.2. The highest BCUT2D eigenvalue weighted by Gasteiger charge is 2.18. The van der Waals surface area contributed by atoms with E-state index in [9.17, 15) is 8.78 Å². The molecule has 1 aliphatic heterocycles. The fourth-order valence-corrected chi connectivity index (χ4v) is 2.92. The third-order valence-electron chi connectivity index (χ3n) is 4.19. The van der Waals surface area contributed by atoms with Crippen LogP contribution < -0.4 is 10.2 Å². The molecule has 1 aromatic carbocycles. The van der Waals surface area contributed by atoms with Crippen LogP contribution in [0.3, 0.4) is 0 Å². The predicted molar refractivity (Wildman–Crippen MR) is 102 cm³/mol. The molecule has 2 aromatic heterocycles. The average molecular weight is 407 g/mol. The molecule has 0 spiro atoms. The number of aromatic nitrogens is 4. The van der Waals surface area contributed by atoms with Gasteiger partial charge in [-0.2, -0.15) is 15.1 Å². The highest BCUT2D eigenvalue weighted by atomic mass is 35.5. The molecule has 0 amide bonds. The topological polar surface area (TPSA) is 68.1 Å². The van der Waals surface area contributed by atoms with Gasteiger partial charge in [-0.1, -0.05) is 11.6 Å². The van der Waals surface area contributed by atoms with Crippen molar-refractivity contribution < 1.29 is 13.5 Å². The zero-order valence-electron chi connectivity index (χ0n) is 14.7. The minimum atomic E-state index is -2.66. The molecule has 0 aliphatic carbocycles. The largest absolute Gasteiger partial charge is 0.378 e. The number of ether oxygens (including phenoxy) is 1. The van der Waals surface area contributed by atoms with E-state index in [0.717, 1.165) is 5.69 Å². The van der Waals surface area contributed by atoms with Crippen molar-refractivity contribution in [3.8, 4) is 5.95 Å². The zero-order chi connectivity index (χ0) is 19.5. The van der Waals surface area contributed by atoms with Gasteiger partial charge in [-0.3, -0.25) is 0 Å². The van der Waals surface area contributed by atoms with E-state index in [1.54, 1.807) is 18.2 Å². The molecule has 0 bridgehead atoms. The Morgan fingerprint density at radius 1 is 1.07 bits per heavy atom. The summed E-state index contributed by atoms with van der Waals surface area (Å²) in [4.78, 5) is 11.0. The summed E-state index contributed by atoms with van der Waals surface area (Å²) in [6.07, 6.45) is -1.23. The molecule has 3 aromatic rings. The minimum absolute atomic E-state index is 0.201. The number of benzene rings is 1. The van der Waals surface area contributed by atoms with Crippen LogP contribution in [0.5, 0.6) is 0 Å². The molecule has 1 saturated heterocycles. The number of rotatable bonds is 5.